The number of nitrogens with one attached hydrogen (secondary N) is 2. The highest BCUT2D eigenvalue weighted by Gasteiger charge is 2.60. The van der Waals surface area contributed by atoms with E-state index in [1.54, 1.807) is 12.3 Å². The summed E-state index contributed by atoms with van der Waals surface area (Å²) in [7, 11) is 0. The summed E-state index contributed by atoms with van der Waals surface area (Å²) in [5, 5.41) is 5.68. The van der Waals surface area contributed by atoms with Crippen molar-refractivity contribution in [2.24, 2.45) is 11.8 Å². The van der Waals surface area contributed by atoms with Gasteiger partial charge in [-0.3, -0.25) is 4.79 Å². The predicted molar refractivity (Wildman–Crippen MR) is 90.2 cm³/mol. The van der Waals surface area contributed by atoms with Gasteiger partial charge in [-0.25, -0.2) is 0 Å². The predicted octanol–water partition coefficient (Wildman–Crippen LogP) is 3.09. The number of rotatable bonds is 2. The van der Waals surface area contributed by atoms with E-state index in [4.69, 9.17) is 16.3 Å². The number of hydrogen-bond donors (Lipinski definition) is 2. The van der Waals surface area contributed by atoms with Crippen LogP contribution in [0.1, 0.15) is 25.7 Å². The average Bonchev–Trinajstić information content (AvgIpc) is 2.98. The zero-order valence-electron chi connectivity index (χ0n) is 12.8. The highest BCUT2D eigenvalue weighted by Crippen LogP contribution is 2.55. The van der Waals surface area contributed by atoms with E-state index in [9.17, 15) is 4.79 Å². The van der Waals surface area contributed by atoms with Crippen LogP contribution in [0, 0.1) is 11.8 Å². The molecule has 3 fully saturated rings. The van der Waals surface area contributed by atoms with Crippen LogP contribution in [0.2, 0.25) is 5.02 Å². The molecule has 1 aliphatic heterocycles. The van der Waals surface area contributed by atoms with Gasteiger partial charge < -0.3 is 15.0 Å². The van der Waals surface area contributed by atoms with E-state index >= 15 is 0 Å². The van der Waals surface area contributed by atoms with Crippen LogP contribution in [0.25, 0.3) is 10.8 Å². The SMILES string of the molecule is O=c1[nH]ccc2cc(OC3C[C@H]4CCC5CNC54C3)c(Cl)cc12. The molecule has 5 rings (SSSR count). The highest BCUT2D eigenvalue weighted by atomic mass is 35.5. The topological polar surface area (TPSA) is 54.1 Å². The third-order valence-electron chi connectivity index (χ3n) is 6.23. The molecule has 2 heterocycles. The van der Waals surface area contributed by atoms with E-state index in [1.165, 1.54) is 19.4 Å². The maximum atomic E-state index is 11.8. The zero-order chi connectivity index (χ0) is 15.6. The van der Waals surface area contributed by atoms with Crippen molar-refractivity contribution >= 4 is 22.4 Å². The van der Waals surface area contributed by atoms with E-state index in [2.05, 4.69) is 10.3 Å². The molecule has 5 heteroatoms. The summed E-state index contributed by atoms with van der Waals surface area (Å²) in [5.74, 6) is 2.28. The molecule has 1 saturated heterocycles. The molecule has 0 radical (unpaired) electrons. The maximum Gasteiger partial charge on any atom is 0.255 e. The van der Waals surface area contributed by atoms with Crippen LogP contribution >= 0.6 is 11.6 Å². The number of pyridine rings is 1. The second-order valence-corrected chi connectivity index (χ2v) is 7.66. The summed E-state index contributed by atoms with van der Waals surface area (Å²) in [5.41, 5.74) is 0.220. The fraction of sp³-hybridized carbons (Fsp3) is 0.500. The van der Waals surface area contributed by atoms with Crippen molar-refractivity contribution in [1.82, 2.24) is 10.3 Å². The van der Waals surface area contributed by atoms with Gasteiger partial charge in [0.2, 0.25) is 0 Å². The van der Waals surface area contributed by atoms with Crippen LogP contribution in [0.4, 0.5) is 0 Å². The standard InChI is InChI=1S/C18H19ClN2O2/c19-15-7-14-10(3-4-20-17(14)22)5-16(15)23-13-6-11-1-2-12-9-21-18(11,12)8-13/h3-5,7,11-13,21H,1-2,6,8-9H2,(H,20,22)/t11-,12?,13?,18?/m1/s1. The fourth-order valence-corrected chi connectivity index (χ4v) is 5.27. The first kappa shape index (κ1) is 13.9. The summed E-state index contributed by atoms with van der Waals surface area (Å²) < 4.78 is 6.25. The lowest BCUT2D eigenvalue weighted by Crippen LogP contribution is -2.63. The van der Waals surface area contributed by atoms with Crippen molar-refractivity contribution in [3.05, 3.63) is 39.8 Å². The van der Waals surface area contributed by atoms with Gasteiger partial charge >= 0.3 is 0 Å². The third kappa shape index (κ3) is 1.91. The van der Waals surface area contributed by atoms with E-state index in [0.29, 0.717) is 21.7 Å². The molecule has 1 aromatic heterocycles. The molecule has 0 bridgehead atoms. The van der Waals surface area contributed by atoms with E-state index in [0.717, 1.165) is 30.1 Å². The average molecular weight is 331 g/mol. The summed E-state index contributed by atoms with van der Waals surface area (Å²) in [6, 6.07) is 5.49. The lowest BCUT2D eigenvalue weighted by molar-refractivity contribution is 0.0964. The van der Waals surface area contributed by atoms with Crippen molar-refractivity contribution in [3.63, 3.8) is 0 Å². The maximum absolute atomic E-state index is 11.8. The van der Waals surface area contributed by atoms with Gasteiger partial charge in [-0.1, -0.05) is 11.6 Å². The van der Waals surface area contributed by atoms with Gasteiger partial charge in [0.1, 0.15) is 11.9 Å². The minimum Gasteiger partial charge on any atom is -0.489 e. The van der Waals surface area contributed by atoms with E-state index < -0.39 is 0 Å². The normalized spacial score (nSPS) is 34.9. The number of halogens is 1. The van der Waals surface area contributed by atoms with Crippen molar-refractivity contribution in [2.75, 3.05) is 6.54 Å². The second kappa shape index (κ2) is 4.74. The molecule has 1 spiro atoms. The fourth-order valence-electron chi connectivity index (χ4n) is 5.07. The number of fused-ring (bicyclic) bond motifs is 1. The van der Waals surface area contributed by atoms with Gasteiger partial charge in [0, 0.05) is 30.1 Å². The van der Waals surface area contributed by atoms with Gasteiger partial charge in [0.15, 0.2) is 0 Å². The number of H-pyrrole nitrogens is 1. The largest absolute Gasteiger partial charge is 0.489 e. The van der Waals surface area contributed by atoms with Crippen molar-refractivity contribution in [3.8, 4) is 5.75 Å². The van der Waals surface area contributed by atoms with Crippen LogP contribution in [-0.2, 0) is 0 Å². The highest BCUT2D eigenvalue weighted by molar-refractivity contribution is 6.32. The smallest absolute Gasteiger partial charge is 0.255 e. The summed E-state index contributed by atoms with van der Waals surface area (Å²) in [4.78, 5) is 14.5. The first-order valence-corrected chi connectivity index (χ1v) is 8.76. The van der Waals surface area contributed by atoms with Gasteiger partial charge in [-0.2, -0.15) is 0 Å². The molecule has 3 unspecified atom stereocenters. The quantitative estimate of drug-likeness (QED) is 0.889. The molecule has 23 heavy (non-hydrogen) atoms. The Morgan fingerprint density at radius 1 is 1.26 bits per heavy atom. The zero-order valence-corrected chi connectivity index (χ0v) is 13.5. The van der Waals surface area contributed by atoms with Crippen LogP contribution < -0.4 is 15.6 Å². The number of benzene rings is 1. The summed E-state index contributed by atoms with van der Waals surface area (Å²) >= 11 is 6.36. The Morgan fingerprint density at radius 2 is 2.13 bits per heavy atom. The second-order valence-electron chi connectivity index (χ2n) is 7.25. The molecule has 4 nitrogen and oxygen atoms in total. The van der Waals surface area contributed by atoms with Gasteiger partial charge in [0.05, 0.1) is 5.02 Å². The Kier molecular flexibility index (Phi) is 2.86. The Morgan fingerprint density at radius 3 is 2.91 bits per heavy atom. The molecular weight excluding hydrogens is 312 g/mol. The molecule has 120 valence electrons. The Bertz CT molecular complexity index is 849. The molecule has 4 atom stereocenters. The Hall–Kier alpha value is -1.52. The minimum absolute atomic E-state index is 0.119. The van der Waals surface area contributed by atoms with Gasteiger partial charge in [0.25, 0.3) is 5.56 Å². The van der Waals surface area contributed by atoms with Crippen LogP contribution in [0.15, 0.2) is 29.2 Å². The number of hydrogen-bond acceptors (Lipinski definition) is 3. The molecule has 2 aromatic rings. The first-order chi connectivity index (χ1) is 11.2. The van der Waals surface area contributed by atoms with Crippen molar-refractivity contribution in [1.29, 1.82) is 0 Å². The summed E-state index contributed by atoms with van der Waals surface area (Å²) in [6.45, 7) is 1.17. The molecule has 2 aliphatic carbocycles. The van der Waals surface area contributed by atoms with E-state index in [1.807, 2.05) is 12.1 Å². The molecule has 0 amide bonds. The van der Waals surface area contributed by atoms with Gasteiger partial charge in [-0.15, -0.1) is 0 Å². The molecule has 2 saturated carbocycles. The minimum atomic E-state index is -0.119. The first-order valence-electron chi connectivity index (χ1n) is 8.38. The summed E-state index contributed by atoms with van der Waals surface area (Å²) in [6.07, 6.45) is 6.73. The van der Waals surface area contributed by atoms with Gasteiger partial charge in [-0.05, 0) is 54.7 Å². The number of aromatic amines is 1. The van der Waals surface area contributed by atoms with E-state index in [-0.39, 0.29) is 11.7 Å². The molecule has 2 N–H and O–H groups in total. The molecule has 3 aliphatic rings. The number of aromatic nitrogens is 1. The molecular formula is C18H19ClN2O2. The number of ether oxygens (including phenoxy) is 1. The lowest BCUT2D eigenvalue weighted by Gasteiger charge is -2.47. The van der Waals surface area contributed by atoms with Crippen molar-refractivity contribution in [2.45, 2.75) is 37.3 Å². The van der Waals surface area contributed by atoms with Crippen LogP contribution in [-0.4, -0.2) is 23.2 Å². The van der Waals surface area contributed by atoms with Crippen molar-refractivity contribution < 1.29 is 4.74 Å². The Balaban J connectivity index is 1.44. The Labute approximate surface area is 139 Å². The monoisotopic (exact) mass is 330 g/mol. The van der Waals surface area contributed by atoms with Crippen LogP contribution in [0.3, 0.4) is 0 Å². The molecule has 1 aromatic carbocycles. The lowest BCUT2D eigenvalue weighted by atomic mass is 9.76. The van der Waals surface area contributed by atoms with Crippen LogP contribution in [0.5, 0.6) is 5.75 Å². The third-order valence-corrected chi connectivity index (χ3v) is 6.53.